The highest BCUT2D eigenvalue weighted by Crippen LogP contribution is 2.36. The molecule has 1 aromatic heterocycles. The number of urea groups is 1. The highest BCUT2D eigenvalue weighted by Gasteiger charge is 2.37. The molecule has 2 aliphatic rings. The van der Waals surface area contributed by atoms with Crippen LogP contribution in [-0.2, 0) is 27.5 Å². The van der Waals surface area contributed by atoms with Gasteiger partial charge in [-0.05, 0) is 74.6 Å². The molecule has 0 aliphatic carbocycles. The van der Waals surface area contributed by atoms with Gasteiger partial charge in [0.15, 0.2) is 0 Å². The van der Waals surface area contributed by atoms with Gasteiger partial charge in [0.05, 0.1) is 11.6 Å². The van der Waals surface area contributed by atoms with E-state index in [0.717, 1.165) is 30.9 Å². The maximum Gasteiger partial charge on any atom is 0.433 e. The molecule has 4 N–H and O–H groups in total. The maximum absolute atomic E-state index is 14.0. The zero-order valence-corrected chi connectivity index (χ0v) is 26.0. The summed E-state index contributed by atoms with van der Waals surface area (Å²) in [6.07, 6.45) is -0.0893. The van der Waals surface area contributed by atoms with Crippen molar-refractivity contribution >= 4 is 33.6 Å². The number of nitrogens with one attached hydrogen (secondary N) is 3. The van der Waals surface area contributed by atoms with Crippen LogP contribution in [0.1, 0.15) is 55.3 Å². The van der Waals surface area contributed by atoms with Gasteiger partial charge in [0, 0.05) is 44.5 Å². The lowest BCUT2D eigenvalue weighted by Gasteiger charge is -2.35. The number of halogens is 3. The largest absolute Gasteiger partial charge is 0.433 e. The predicted molar refractivity (Wildman–Crippen MR) is 165 cm³/mol. The summed E-state index contributed by atoms with van der Waals surface area (Å²) in [5, 5.41) is 16.4. The Labute approximate surface area is 266 Å². The summed E-state index contributed by atoms with van der Waals surface area (Å²) >= 11 is 0. The summed E-state index contributed by atoms with van der Waals surface area (Å²) in [4.78, 5) is 32.2. The Kier molecular flexibility index (Phi) is 11.7. The lowest BCUT2D eigenvalue weighted by atomic mass is 9.92. The van der Waals surface area contributed by atoms with E-state index in [9.17, 15) is 31.2 Å². The molecule has 2 fully saturated rings. The molecule has 2 aliphatic heterocycles. The molecule has 0 saturated carbocycles. The van der Waals surface area contributed by atoms with Crippen molar-refractivity contribution in [3.05, 3.63) is 53.2 Å². The molecule has 0 radical (unpaired) electrons. The molecule has 16 heteroatoms. The minimum Gasteiger partial charge on any atom is -0.371 e. The number of nitriles is 1. The van der Waals surface area contributed by atoms with E-state index in [-0.39, 0.29) is 11.7 Å². The second kappa shape index (κ2) is 15.5. The number of rotatable bonds is 12. The molecule has 46 heavy (non-hydrogen) atoms. The fourth-order valence-corrected chi connectivity index (χ4v) is 6.09. The van der Waals surface area contributed by atoms with Crippen LogP contribution in [0.15, 0.2) is 36.4 Å². The number of carbonyl (C=O) groups is 2. The van der Waals surface area contributed by atoms with E-state index in [4.69, 9.17) is 9.81 Å². The van der Waals surface area contributed by atoms with Crippen molar-refractivity contribution in [2.24, 2.45) is 5.92 Å². The molecule has 2 saturated heterocycles. The van der Waals surface area contributed by atoms with Gasteiger partial charge in [0.2, 0.25) is 5.91 Å². The third kappa shape index (κ3) is 10.2. The van der Waals surface area contributed by atoms with Gasteiger partial charge >= 0.3 is 12.2 Å². The van der Waals surface area contributed by atoms with Crippen molar-refractivity contribution < 1.29 is 35.7 Å². The molecule has 0 spiro atoms. The van der Waals surface area contributed by atoms with Crippen molar-refractivity contribution in [1.29, 1.82) is 5.26 Å². The SMILES string of the molecule is N#Cc1ccc(CCNC(=O)[C@@H]2CCCN2c2cc(N3CCC(CCCNC(=O)NCS(=O)(=O)O)CC3)cc(C(F)(F)F)n2)cc1. The second-order valence-electron chi connectivity index (χ2n) is 11.5. The Morgan fingerprint density at radius 3 is 2.39 bits per heavy atom. The molecule has 250 valence electrons. The van der Waals surface area contributed by atoms with Crippen LogP contribution in [0.5, 0.6) is 0 Å². The van der Waals surface area contributed by atoms with Crippen LogP contribution in [-0.4, -0.2) is 74.5 Å². The second-order valence-corrected chi connectivity index (χ2v) is 13.0. The fourth-order valence-electron chi connectivity index (χ4n) is 5.78. The Balaban J connectivity index is 1.32. The Morgan fingerprint density at radius 1 is 1.02 bits per heavy atom. The summed E-state index contributed by atoms with van der Waals surface area (Å²) in [5.74, 6) is -0.720. The van der Waals surface area contributed by atoms with E-state index in [0.29, 0.717) is 75.6 Å². The number of alkyl halides is 3. The number of aromatic nitrogens is 1. The molecule has 1 aromatic carbocycles. The number of amides is 3. The average Bonchev–Trinajstić information content (AvgIpc) is 3.52. The van der Waals surface area contributed by atoms with Gasteiger partial charge in [0.1, 0.15) is 23.4 Å². The first-order valence-electron chi connectivity index (χ1n) is 15.2. The first-order chi connectivity index (χ1) is 21.8. The third-order valence-electron chi connectivity index (χ3n) is 8.20. The summed E-state index contributed by atoms with van der Waals surface area (Å²) in [7, 11) is -4.31. The summed E-state index contributed by atoms with van der Waals surface area (Å²) < 4.78 is 72.0. The van der Waals surface area contributed by atoms with Crippen LogP contribution in [0.3, 0.4) is 0 Å². The average molecular weight is 666 g/mol. The van der Waals surface area contributed by atoms with E-state index in [2.05, 4.69) is 21.7 Å². The smallest absolute Gasteiger partial charge is 0.371 e. The zero-order chi connectivity index (χ0) is 33.3. The first kappa shape index (κ1) is 34.8. The lowest BCUT2D eigenvalue weighted by molar-refractivity contribution is -0.141. The highest BCUT2D eigenvalue weighted by atomic mass is 32.2. The van der Waals surface area contributed by atoms with Crippen LogP contribution < -0.4 is 25.8 Å². The molecular formula is C30H38F3N7O5S. The van der Waals surface area contributed by atoms with Gasteiger partial charge < -0.3 is 25.8 Å². The van der Waals surface area contributed by atoms with Crippen molar-refractivity contribution in [3.8, 4) is 6.07 Å². The summed E-state index contributed by atoms with van der Waals surface area (Å²) in [6, 6.07) is 10.5. The number of hydrogen-bond acceptors (Lipinski definition) is 8. The first-order valence-corrected chi connectivity index (χ1v) is 16.8. The number of hydrogen-bond donors (Lipinski definition) is 4. The Bertz CT molecular complexity index is 1510. The predicted octanol–water partition coefficient (Wildman–Crippen LogP) is 3.44. The van der Waals surface area contributed by atoms with E-state index >= 15 is 0 Å². The topological polar surface area (TPSA) is 168 Å². The molecule has 3 heterocycles. The van der Waals surface area contributed by atoms with Gasteiger partial charge in [-0.2, -0.15) is 26.9 Å². The van der Waals surface area contributed by atoms with Gasteiger partial charge in [-0.15, -0.1) is 0 Å². The quantitative estimate of drug-likeness (QED) is 0.196. The Morgan fingerprint density at radius 2 is 1.74 bits per heavy atom. The van der Waals surface area contributed by atoms with Crippen LogP contribution in [0.2, 0.25) is 0 Å². The normalized spacial score (nSPS) is 17.4. The summed E-state index contributed by atoms with van der Waals surface area (Å²) in [6.45, 7) is 2.13. The Hall–Kier alpha value is -4.10. The van der Waals surface area contributed by atoms with Crippen LogP contribution in [0.4, 0.5) is 29.5 Å². The third-order valence-corrected chi connectivity index (χ3v) is 8.71. The molecular weight excluding hydrogens is 627 g/mol. The summed E-state index contributed by atoms with van der Waals surface area (Å²) in [5.41, 5.74) is 0.891. The van der Waals surface area contributed by atoms with E-state index in [1.165, 1.54) is 0 Å². The molecule has 0 unspecified atom stereocenters. The molecule has 2 aromatic rings. The van der Waals surface area contributed by atoms with Gasteiger partial charge in [-0.25, -0.2) is 9.78 Å². The minimum absolute atomic E-state index is 0.120. The highest BCUT2D eigenvalue weighted by molar-refractivity contribution is 7.85. The number of anilines is 2. The van der Waals surface area contributed by atoms with E-state index in [1.54, 1.807) is 23.1 Å². The molecule has 12 nitrogen and oxygen atoms in total. The fraction of sp³-hybridized carbons (Fsp3) is 0.533. The molecule has 3 amide bonds. The standard InChI is InChI=1S/C30H38F3N7O5S/c31-30(32,33)26-17-24(39-15-10-21(11-16-39)3-1-12-36-29(42)37-20-46(43,44)45)18-27(38-26)40-14-2-4-25(40)28(41)35-13-9-22-5-7-23(19-34)8-6-22/h5-8,17-18,21,25H,1-4,9-16,20H2,(H,35,41)(H2,36,37,42)(H,43,44,45)/t25-/m0/s1. The van der Waals surface area contributed by atoms with Gasteiger partial charge in [-0.1, -0.05) is 12.1 Å². The zero-order valence-electron chi connectivity index (χ0n) is 25.2. The van der Waals surface area contributed by atoms with Crippen molar-refractivity contribution in [3.63, 3.8) is 0 Å². The number of nitrogens with zero attached hydrogens (tertiary/aromatic N) is 4. The number of carbonyl (C=O) groups excluding carboxylic acids is 2. The molecule has 0 bridgehead atoms. The maximum atomic E-state index is 14.0. The van der Waals surface area contributed by atoms with E-state index < -0.39 is 39.9 Å². The van der Waals surface area contributed by atoms with Gasteiger partial charge in [-0.3, -0.25) is 9.35 Å². The number of benzene rings is 1. The van der Waals surface area contributed by atoms with Crippen LogP contribution in [0.25, 0.3) is 0 Å². The van der Waals surface area contributed by atoms with Crippen LogP contribution in [0, 0.1) is 17.2 Å². The van der Waals surface area contributed by atoms with Crippen molar-refractivity contribution in [2.45, 2.75) is 57.2 Å². The lowest BCUT2D eigenvalue weighted by Crippen LogP contribution is -2.44. The minimum atomic E-state index is -4.66. The molecule has 1 atom stereocenters. The van der Waals surface area contributed by atoms with Crippen molar-refractivity contribution in [1.82, 2.24) is 20.9 Å². The number of piperidine rings is 1. The van der Waals surface area contributed by atoms with E-state index in [1.807, 2.05) is 22.3 Å². The van der Waals surface area contributed by atoms with Gasteiger partial charge in [0.25, 0.3) is 10.1 Å². The van der Waals surface area contributed by atoms with Crippen molar-refractivity contribution in [2.75, 3.05) is 48.4 Å². The van der Waals surface area contributed by atoms with Crippen LogP contribution >= 0.6 is 0 Å². The number of pyridine rings is 1. The monoisotopic (exact) mass is 665 g/mol. The molecule has 4 rings (SSSR count).